The Morgan fingerprint density at radius 3 is 3.00 bits per heavy atom. The average molecular weight is 268 g/mol. The number of furan rings is 1. The van der Waals surface area contributed by atoms with E-state index in [9.17, 15) is 0 Å². The van der Waals surface area contributed by atoms with E-state index in [1.165, 1.54) is 12.8 Å². The van der Waals surface area contributed by atoms with Gasteiger partial charge in [0, 0.05) is 12.1 Å². The van der Waals surface area contributed by atoms with Crippen molar-refractivity contribution in [1.82, 2.24) is 10.2 Å². The van der Waals surface area contributed by atoms with Crippen molar-refractivity contribution in [2.24, 2.45) is 0 Å². The third kappa shape index (κ3) is 1.92. The Labute approximate surface area is 95.2 Å². The van der Waals surface area contributed by atoms with Crippen LogP contribution in [0.4, 0.5) is 5.82 Å². The van der Waals surface area contributed by atoms with Crippen LogP contribution in [-0.4, -0.2) is 16.2 Å². The topological polar surface area (TPSA) is 53.9 Å². The summed E-state index contributed by atoms with van der Waals surface area (Å²) in [6, 6.07) is 6.34. The highest BCUT2D eigenvalue weighted by atomic mass is 79.9. The summed E-state index contributed by atoms with van der Waals surface area (Å²) in [6.07, 6.45) is 2.49. The molecule has 1 aliphatic carbocycles. The molecule has 2 aromatic rings. The molecule has 3 rings (SSSR count). The van der Waals surface area contributed by atoms with Crippen molar-refractivity contribution in [1.29, 1.82) is 0 Å². The van der Waals surface area contributed by atoms with Gasteiger partial charge in [0.25, 0.3) is 0 Å². The van der Waals surface area contributed by atoms with Crippen molar-refractivity contribution < 1.29 is 4.42 Å². The smallest absolute Gasteiger partial charge is 0.169 e. The summed E-state index contributed by atoms with van der Waals surface area (Å²) in [4.78, 5) is 0. The van der Waals surface area contributed by atoms with E-state index in [0.29, 0.717) is 6.04 Å². The highest BCUT2D eigenvalue weighted by Crippen LogP contribution is 2.27. The van der Waals surface area contributed by atoms with Crippen LogP contribution in [0.25, 0.3) is 11.5 Å². The lowest BCUT2D eigenvalue weighted by Crippen LogP contribution is -2.00. The standard InChI is InChI=1S/C10H10BrN3O/c11-9-4-3-8(15-9)7-5-10(14-13-7)12-6-1-2-6/h3-6H,1-2H2,(H2,12,13,14). The first-order valence-electron chi connectivity index (χ1n) is 4.89. The molecule has 0 atom stereocenters. The summed E-state index contributed by atoms with van der Waals surface area (Å²) in [5.74, 6) is 1.68. The number of H-pyrrole nitrogens is 1. The van der Waals surface area contributed by atoms with Gasteiger partial charge in [-0.25, -0.2) is 0 Å². The van der Waals surface area contributed by atoms with Crippen molar-refractivity contribution in [3.8, 4) is 11.5 Å². The molecule has 0 unspecified atom stereocenters. The Hall–Kier alpha value is -1.23. The highest BCUT2D eigenvalue weighted by molar-refractivity contribution is 9.10. The van der Waals surface area contributed by atoms with E-state index in [2.05, 4.69) is 31.4 Å². The Kier molecular flexibility index (Phi) is 2.05. The van der Waals surface area contributed by atoms with Gasteiger partial charge in [0.1, 0.15) is 11.5 Å². The fourth-order valence-electron chi connectivity index (χ4n) is 1.42. The zero-order chi connectivity index (χ0) is 10.3. The number of nitrogens with one attached hydrogen (secondary N) is 2. The molecule has 15 heavy (non-hydrogen) atoms. The normalized spacial score (nSPS) is 15.5. The maximum absolute atomic E-state index is 5.42. The van der Waals surface area contributed by atoms with Crippen molar-refractivity contribution in [3.05, 3.63) is 22.9 Å². The molecule has 0 aliphatic heterocycles. The second-order valence-electron chi connectivity index (χ2n) is 3.69. The summed E-state index contributed by atoms with van der Waals surface area (Å²) in [5.41, 5.74) is 0.892. The zero-order valence-corrected chi connectivity index (χ0v) is 9.54. The fraction of sp³-hybridized carbons (Fsp3) is 0.300. The summed E-state index contributed by atoms with van der Waals surface area (Å²) in [6.45, 7) is 0. The molecule has 1 fully saturated rings. The van der Waals surface area contributed by atoms with Crippen molar-refractivity contribution >= 4 is 21.7 Å². The van der Waals surface area contributed by atoms with E-state index in [-0.39, 0.29) is 0 Å². The second kappa shape index (κ2) is 3.41. The first-order chi connectivity index (χ1) is 7.31. The molecule has 0 amide bonds. The lowest BCUT2D eigenvalue weighted by Gasteiger charge is -1.95. The maximum Gasteiger partial charge on any atom is 0.169 e. The molecule has 0 bridgehead atoms. The predicted molar refractivity (Wildman–Crippen MR) is 60.6 cm³/mol. The van der Waals surface area contributed by atoms with E-state index in [4.69, 9.17) is 4.42 Å². The summed E-state index contributed by atoms with van der Waals surface area (Å²) < 4.78 is 6.15. The monoisotopic (exact) mass is 267 g/mol. The van der Waals surface area contributed by atoms with Gasteiger partial charge in [-0.15, -0.1) is 0 Å². The van der Waals surface area contributed by atoms with Gasteiger partial charge in [0.15, 0.2) is 10.4 Å². The van der Waals surface area contributed by atoms with Crippen LogP contribution in [0.3, 0.4) is 0 Å². The van der Waals surface area contributed by atoms with E-state index >= 15 is 0 Å². The van der Waals surface area contributed by atoms with Crippen LogP contribution in [-0.2, 0) is 0 Å². The number of aromatic amines is 1. The van der Waals surface area contributed by atoms with Gasteiger partial charge in [0.2, 0.25) is 0 Å². The SMILES string of the molecule is Brc1ccc(-c2cc(NC3CC3)n[nH]2)o1. The van der Waals surface area contributed by atoms with Crippen LogP contribution >= 0.6 is 15.9 Å². The third-order valence-corrected chi connectivity index (χ3v) is 2.77. The molecule has 2 heterocycles. The number of aromatic nitrogens is 2. The van der Waals surface area contributed by atoms with Gasteiger partial charge in [-0.1, -0.05) is 0 Å². The third-order valence-electron chi connectivity index (χ3n) is 2.35. The minimum Gasteiger partial charge on any atom is -0.448 e. The Morgan fingerprint density at radius 2 is 2.33 bits per heavy atom. The minimum atomic E-state index is 0.615. The molecule has 2 N–H and O–H groups in total. The molecule has 1 saturated carbocycles. The van der Waals surface area contributed by atoms with Crippen molar-refractivity contribution in [3.63, 3.8) is 0 Å². The molecule has 0 radical (unpaired) electrons. The average Bonchev–Trinajstić information content (AvgIpc) is 2.74. The van der Waals surface area contributed by atoms with Crippen LogP contribution in [0.5, 0.6) is 0 Å². The van der Waals surface area contributed by atoms with Crippen LogP contribution in [0.1, 0.15) is 12.8 Å². The maximum atomic E-state index is 5.42. The first kappa shape index (κ1) is 9.03. The van der Waals surface area contributed by atoms with Crippen LogP contribution in [0.2, 0.25) is 0 Å². The van der Waals surface area contributed by atoms with Crippen LogP contribution in [0, 0.1) is 0 Å². The van der Waals surface area contributed by atoms with Gasteiger partial charge in [-0.2, -0.15) is 5.10 Å². The number of nitrogens with zero attached hydrogens (tertiary/aromatic N) is 1. The van der Waals surface area contributed by atoms with Crippen LogP contribution < -0.4 is 5.32 Å². The Bertz CT molecular complexity index is 472. The number of anilines is 1. The Morgan fingerprint density at radius 1 is 1.47 bits per heavy atom. The predicted octanol–water partition coefficient (Wildman–Crippen LogP) is 3.01. The molecule has 4 nitrogen and oxygen atoms in total. The lowest BCUT2D eigenvalue weighted by atomic mass is 10.3. The molecule has 0 spiro atoms. The molecule has 78 valence electrons. The molecule has 5 heteroatoms. The van der Waals surface area contributed by atoms with E-state index < -0.39 is 0 Å². The van der Waals surface area contributed by atoms with E-state index in [1.807, 2.05) is 18.2 Å². The van der Waals surface area contributed by atoms with Gasteiger partial charge >= 0.3 is 0 Å². The van der Waals surface area contributed by atoms with Crippen LogP contribution in [0.15, 0.2) is 27.3 Å². The largest absolute Gasteiger partial charge is 0.448 e. The van der Waals surface area contributed by atoms with Crippen molar-refractivity contribution in [2.45, 2.75) is 18.9 Å². The second-order valence-corrected chi connectivity index (χ2v) is 4.47. The molecule has 1 aliphatic rings. The summed E-state index contributed by atoms with van der Waals surface area (Å²) in [7, 11) is 0. The molecule has 0 aromatic carbocycles. The van der Waals surface area contributed by atoms with E-state index in [0.717, 1.165) is 21.9 Å². The quantitative estimate of drug-likeness (QED) is 0.899. The first-order valence-corrected chi connectivity index (χ1v) is 5.68. The molecular weight excluding hydrogens is 258 g/mol. The minimum absolute atomic E-state index is 0.615. The number of hydrogen-bond acceptors (Lipinski definition) is 3. The molecule has 2 aromatic heterocycles. The Balaban J connectivity index is 1.82. The fourth-order valence-corrected chi connectivity index (χ4v) is 1.72. The van der Waals surface area contributed by atoms with Crippen molar-refractivity contribution in [2.75, 3.05) is 5.32 Å². The molecule has 0 saturated heterocycles. The van der Waals surface area contributed by atoms with E-state index in [1.54, 1.807) is 0 Å². The van der Waals surface area contributed by atoms with Gasteiger partial charge in [-0.05, 0) is 40.9 Å². The summed E-state index contributed by atoms with van der Waals surface area (Å²) >= 11 is 3.27. The highest BCUT2D eigenvalue weighted by Gasteiger charge is 2.22. The zero-order valence-electron chi connectivity index (χ0n) is 7.96. The van der Waals surface area contributed by atoms with Gasteiger partial charge in [-0.3, -0.25) is 5.10 Å². The number of rotatable bonds is 3. The number of halogens is 1. The van der Waals surface area contributed by atoms with Gasteiger partial charge in [0.05, 0.1) is 0 Å². The molecular formula is C10H10BrN3O. The number of hydrogen-bond donors (Lipinski definition) is 2. The van der Waals surface area contributed by atoms with Gasteiger partial charge < -0.3 is 9.73 Å². The lowest BCUT2D eigenvalue weighted by molar-refractivity contribution is 0.553. The summed E-state index contributed by atoms with van der Waals surface area (Å²) in [5, 5.41) is 10.4.